The van der Waals surface area contributed by atoms with Crippen LogP contribution in [0.2, 0.25) is 0 Å². The number of hydrogen-bond donors (Lipinski definition) is 0. The zero-order valence-corrected chi connectivity index (χ0v) is 13.2. The summed E-state index contributed by atoms with van der Waals surface area (Å²) in [5.74, 6) is 0.537. The molecule has 2 fully saturated rings. The first-order chi connectivity index (χ1) is 10.6. The van der Waals surface area contributed by atoms with Gasteiger partial charge in [0.1, 0.15) is 5.82 Å². The molecule has 3 rings (SSSR count). The molecule has 1 amide bonds. The van der Waals surface area contributed by atoms with Crippen LogP contribution in [0.15, 0.2) is 24.3 Å². The number of likely N-dealkylation sites (tertiary alicyclic amines) is 1. The highest BCUT2D eigenvalue weighted by Crippen LogP contribution is 2.38. The summed E-state index contributed by atoms with van der Waals surface area (Å²) in [6, 6.07) is 6.92. The predicted molar refractivity (Wildman–Crippen MR) is 83.0 cm³/mol. The molecule has 0 radical (unpaired) electrons. The third kappa shape index (κ3) is 3.49. The lowest BCUT2D eigenvalue weighted by Gasteiger charge is -2.46. The van der Waals surface area contributed by atoms with Crippen LogP contribution in [0.4, 0.5) is 4.39 Å². The largest absolute Gasteiger partial charge is 0.375 e. The van der Waals surface area contributed by atoms with Gasteiger partial charge >= 0.3 is 0 Å². The van der Waals surface area contributed by atoms with Gasteiger partial charge in [-0.15, -0.1) is 0 Å². The SMILES string of the molecule is CC(=O)N1CCC2(CC1)CC(Cc1cccc(F)c1)CCO2. The summed E-state index contributed by atoms with van der Waals surface area (Å²) in [6.07, 6.45) is 4.82. The molecule has 4 heteroatoms. The smallest absolute Gasteiger partial charge is 0.219 e. The average molecular weight is 305 g/mol. The van der Waals surface area contributed by atoms with E-state index in [1.54, 1.807) is 19.1 Å². The molecular weight excluding hydrogens is 281 g/mol. The fourth-order valence-electron chi connectivity index (χ4n) is 3.88. The number of ether oxygens (including phenoxy) is 1. The van der Waals surface area contributed by atoms with E-state index in [1.807, 2.05) is 11.0 Å². The number of hydrogen-bond acceptors (Lipinski definition) is 2. The molecule has 2 aliphatic heterocycles. The quantitative estimate of drug-likeness (QED) is 0.840. The Balaban J connectivity index is 1.61. The Bertz CT molecular complexity index is 538. The Morgan fingerprint density at radius 1 is 1.41 bits per heavy atom. The summed E-state index contributed by atoms with van der Waals surface area (Å²) < 4.78 is 19.4. The Morgan fingerprint density at radius 3 is 2.86 bits per heavy atom. The topological polar surface area (TPSA) is 29.5 Å². The minimum Gasteiger partial charge on any atom is -0.375 e. The molecule has 0 saturated carbocycles. The third-order valence-corrected chi connectivity index (χ3v) is 5.13. The highest BCUT2D eigenvalue weighted by atomic mass is 19.1. The van der Waals surface area contributed by atoms with Gasteiger partial charge in [-0.3, -0.25) is 4.79 Å². The highest BCUT2D eigenvalue weighted by molar-refractivity contribution is 5.73. The molecule has 1 aromatic carbocycles. The summed E-state index contributed by atoms with van der Waals surface area (Å²) in [5, 5.41) is 0. The molecular formula is C18H24FNO2. The molecule has 2 aliphatic rings. The van der Waals surface area contributed by atoms with Gasteiger partial charge in [0.2, 0.25) is 5.91 Å². The molecule has 0 bridgehead atoms. The predicted octanol–water partition coefficient (Wildman–Crippen LogP) is 3.18. The lowest BCUT2D eigenvalue weighted by Crippen LogP contribution is -2.50. The molecule has 3 nitrogen and oxygen atoms in total. The first kappa shape index (κ1) is 15.5. The second-order valence-corrected chi connectivity index (χ2v) is 6.73. The van der Waals surface area contributed by atoms with E-state index in [4.69, 9.17) is 4.74 Å². The van der Waals surface area contributed by atoms with Crippen molar-refractivity contribution in [3.63, 3.8) is 0 Å². The molecule has 0 aromatic heterocycles. The molecule has 2 saturated heterocycles. The van der Waals surface area contributed by atoms with Crippen LogP contribution >= 0.6 is 0 Å². The minimum atomic E-state index is -0.158. The van der Waals surface area contributed by atoms with Crippen LogP contribution in [-0.4, -0.2) is 36.1 Å². The number of piperidine rings is 1. The zero-order chi connectivity index (χ0) is 15.6. The fraction of sp³-hybridized carbons (Fsp3) is 0.611. The third-order valence-electron chi connectivity index (χ3n) is 5.13. The Kier molecular flexibility index (Phi) is 4.48. The fourth-order valence-corrected chi connectivity index (χ4v) is 3.88. The van der Waals surface area contributed by atoms with Crippen LogP contribution in [0.3, 0.4) is 0 Å². The molecule has 0 aliphatic carbocycles. The van der Waals surface area contributed by atoms with Crippen LogP contribution in [0.25, 0.3) is 0 Å². The second-order valence-electron chi connectivity index (χ2n) is 6.73. The standard InChI is InChI=1S/C18H24FNO2/c1-14(21)20-8-6-18(7-9-20)13-16(5-10-22-18)11-15-3-2-4-17(19)12-15/h2-4,12,16H,5-11,13H2,1H3. The molecule has 22 heavy (non-hydrogen) atoms. The second kappa shape index (κ2) is 6.37. The number of halogens is 1. The number of amides is 1. The van der Waals surface area contributed by atoms with Crippen molar-refractivity contribution in [3.8, 4) is 0 Å². The first-order valence-corrected chi connectivity index (χ1v) is 8.20. The summed E-state index contributed by atoms with van der Waals surface area (Å²) in [4.78, 5) is 13.4. The van der Waals surface area contributed by atoms with Gasteiger partial charge in [0.15, 0.2) is 0 Å². The minimum absolute atomic E-state index is 0.0673. The molecule has 1 atom stereocenters. The Hall–Kier alpha value is -1.42. The number of carbonyl (C=O) groups excluding carboxylic acids is 1. The van der Waals surface area contributed by atoms with Crippen LogP contribution < -0.4 is 0 Å². The van der Waals surface area contributed by atoms with Gasteiger partial charge < -0.3 is 9.64 Å². The van der Waals surface area contributed by atoms with Crippen molar-refractivity contribution in [3.05, 3.63) is 35.6 Å². The molecule has 1 aromatic rings. The summed E-state index contributed by atoms with van der Waals surface area (Å²) >= 11 is 0. The van der Waals surface area contributed by atoms with Crippen LogP contribution in [0, 0.1) is 11.7 Å². The Labute approximate surface area is 131 Å². The maximum atomic E-state index is 13.3. The van der Waals surface area contributed by atoms with Crippen molar-refractivity contribution in [2.24, 2.45) is 5.92 Å². The lowest BCUT2D eigenvalue weighted by atomic mass is 9.77. The Morgan fingerprint density at radius 2 is 2.18 bits per heavy atom. The molecule has 1 spiro atoms. The number of carbonyl (C=O) groups is 1. The van der Waals surface area contributed by atoms with E-state index >= 15 is 0 Å². The van der Waals surface area contributed by atoms with Crippen molar-refractivity contribution in [2.75, 3.05) is 19.7 Å². The van der Waals surface area contributed by atoms with Crippen LogP contribution in [0.1, 0.15) is 38.2 Å². The average Bonchev–Trinajstić information content (AvgIpc) is 2.48. The zero-order valence-electron chi connectivity index (χ0n) is 13.2. The van der Waals surface area contributed by atoms with Gasteiger partial charge in [-0.25, -0.2) is 4.39 Å². The maximum absolute atomic E-state index is 13.3. The molecule has 2 heterocycles. The van der Waals surface area contributed by atoms with E-state index < -0.39 is 0 Å². The van der Waals surface area contributed by atoms with Crippen molar-refractivity contribution in [2.45, 2.75) is 44.6 Å². The van der Waals surface area contributed by atoms with Gasteiger partial charge in [0.05, 0.1) is 5.60 Å². The monoisotopic (exact) mass is 305 g/mol. The first-order valence-electron chi connectivity index (χ1n) is 8.20. The molecule has 120 valence electrons. The van der Waals surface area contributed by atoms with E-state index in [2.05, 4.69) is 0 Å². The summed E-state index contributed by atoms with van der Waals surface area (Å²) in [6.45, 7) is 4.00. The summed E-state index contributed by atoms with van der Waals surface area (Å²) in [7, 11) is 0. The van der Waals surface area contributed by atoms with Crippen molar-refractivity contribution in [1.29, 1.82) is 0 Å². The van der Waals surface area contributed by atoms with Gasteiger partial charge in [-0.1, -0.05) is 12.1 Å². The molecule has 1 unspecified atom stereocenters. The van der Waals surface area contributed by atoms with Gasteiger partial charge in [0.25, 0.3) is 0 Å². The van der Waals surface area contributed by atoms with E-state index in [0.717, 1.165) is 57.4 Å². The van der Waals surface area contributed by atoms with Crippen molar-refractivity contribution in [1.82, 2.24) is 4.90 Å². The number of rotatable bonds is 2. The van der Waals surface area contributed by atoms with E-state index in [1.165, 1.54) is 6.07 Å². The van der Waals surface area contributed by atoms with Crippen molar-refractivity contribution >= 4 is 5.91 Å². The summed E-state index contributed by atoms with van der Waals surface area (Å²) in [5.41, 5.74) is 1.01. The van der Waals surface area contributed by atoms with Gasteiger partial charge in [0, 0.05) is 26.6 Å². The lowest BCUT2D eigenvalue weighted by molar-refractivity contribution is -0.145. The molecule has 0 N–H and O–H groups in total. The number of nitrogens with zero attached hydrogens (tertiary/aromatic N) is 1. The van der Waals surface area contributed by atoms with E-state index in [9.17, 15) is 9.18 Å². The van der Waals surface area contributed by atoms with E-state index in [-0.39, 0.29) is 17.3 Å². The van der Waals surface area contributed by atoms with Crippen LogP contribution in [0.5, 0.6) is 0 Å². The van der Waals surface area contributed by atoms with E-state index in [0.29, 0.717) is 5.92 Å². The van der Waals surface area contributed by atoms with Gasteiger partial charge in [-0.2, -0.15) is 0 Å². The maximum Gasteiger partial charge on any atom is 0.219 e. The number of benzene rings is 1. The van der Waals surface area contributed by atoms with Crippen LogP contribution in [-0.2, 0) is 16.0 Å². The van der Waals surface area contributed by atoms with Crippen molar-refractivity contribution < 1.29 is 13.9 Å². The highest BCUT2D eigenvalue weighted by Gasteiger charge is 2.40. The van der Waals surface area contributed by atoms with Gasteiger partial charge in [-0.05, 0) is 55.7 Å². The normalized spacial score (nSPS) is 24.5.